The summed E-state index contributed by atoms with van der Waals surface area (Å²) in [7, 11) is 0. The molecule has 29 heavy (non-hydrogen) atoms. The predicted octanol–water partition coefficient (Wildman–Crippen LogP) is 5.09. The lowest BCUT2D eigenvalue weighted by Crippen LogP contribution is -2.24. The number of nitrogens with one attached hydrogen (secondary N) is 1. The van der Waals surface area contributed by atoms with Gasteiger partial charge in [0.2, 0.25) is 0 Å². The Morgan fingerprint density at radius 2 is 1.97 bits per heavy atom. The first-order valence-corrected chi connectivity index (χ1v) is 11.3. The molecule has 1 aliphatic heterocycles. The average Bonchev–Trinajstić information content (AvgIpc) is 2.87. The van der Waals surface area contributed by atoms with Gasteiger partial charge in [0, 0.05) is 47.4 Å². The van der Waals surface area contributed by atoms with Gasteiger partial charge in [-0.25, -0.2) is 0 Å². The number of hydrogen-bond donors (Lipinski definition) is 2. The summed E-state index contributed by atoms with van der Waals surface area (Å²) in [4.78, 5) is 15.6. The molecule has 0 saturated carbocycles. The number of nitriles is 1. The van der Waals surface area contributed by atoms with Crippen molar-refractivity contribution in [2.24, 2.45) is 0 Å². The van der Waals surface area contributed by atoms with Crippen LogP contribution in [0.25, 0.3) is 11.1 Å². The average molecular weight is 452 g/mol. The number of nitrogens with zero attached hydrogens (tertiary/aromatic N) is 2. The lowest BCUT2D eigenvalue weighted by Gasteiger charge is -2.21. The van der Waals surface area contributed by atoms with Gasteiger partial charge in [-0.2, -0.15) is 5.26 Å². The number of aliphatic hydroxyl groups excluding tert-OH is 1. The van der Waals surface area contributed by atoms with Crippen molar-refractivity contribution >= 4 is 45.4 Å². The smallest absolute Gasteiger partial charge is 0.262 e. The summed E-state index contributed by atoms with van der Waals surface area (Å²) >= 11 is 13.8. The fraction of sp³-hybridized carbons (Fsp3) is 0.429. The van der Waals surface area contributed by atoms with Crippen LogP contribution in [-0.4, -0.2) is 37.3 Å². The second-order valence-corrected chi connectivity index (χ2v) is 8.80. The summed E-state index contributed by atoms with van der Waals surface area (Å²) in [5.41, 5.74) is 1.66. The molecule has 1 fully saturated rings. The Hall–Kier alpha value is -1.78. The maximum atomic E-state index is 12.9. The molecule has 0 radical (unpaired) electrons. The van der Waals surface area contributed by atoms with Crippen molar-refractivity contribution in [2.45, 2.75) is 32.1 Å². The molecular weight excluding hydrogens is 429 g/mol. The predicted molar refractivity (Wildman–Crippen MR) is 119 cm³/mol. The van der Waals surface area contributed by atoms with E-state index in [2.05, 4.69) is 16.3 Å². The summed E-state index contributed by atoms with van der Waals surface area (Å²) in [6.45, 7) is 2.11. The molecule has 0 atom stereocenters. The number of aliphatic hydroxyl groups is 1. The van der Waals surface area contributed by atoms with Crippen LogP contribution in [0.15, 0.2) is 18.2 Å². The van der Waals surface area contributed by atoms with Crippen LogP contribution in [0.4, 0.5) is 5.00 Å². The first kappa shape index (κ1) is 21.9. The third-order valence-electron chi connectivity index (χ3n) is 4.92. The van der Waals surface area contributed by atoms with E-state index in [0.29, 0.717) is 44.6 Å². The van der Waals surface area contributed by atoms with E-state index in [9.17, 15) is 10.1 Å². The fourth-order valence-electron chi connectivity index (χ4n) is 3.49. The largest absolute Gasteiger partial charge is 0.396 e. The van der Waals surface area contributed by atoms with Crippen molar-refractivity contribution in [3.8, 4) is 17.2 Å². The molecule has 1 aromatic heterocycles. The minimum Gasteiger partial charge on any atom is -0.396 e. The van der Waals surface area contributed by atoms with Crippen molar-refractivity contribution in [2.75, 3.05) is 31.1 Å². The summed E-state index contributed by atoms with van der Waals surface area (Å²) in [5.74, 6) is -0.262. The molecule has 0 unspecified atom stereocenters. The first-order valence-electron chi connectivity index (χ1n) is 9.73. The van der Waals surface area contributed by atoms with E-state index < -0.39 is 0 Å². The number of carbonyl (C=O) groups excluding carboxylic acids is 1. The van der Waals surface area contributed by atoms with Gasteiger partial charge in [-0.3, -0.25) is 4.79 Å². The van der Waals surface area contributed by atoms with Crippen LogP contribution in [0.5, 0.6) is 0 Å². The van der Waals surface area contributed by atoms with E-state index in [1.165, 1.54) is 24.2 Å². The number of hydrogen-bond acceptors (Lipinski definition) is 5. The van der Waals surface area contributed by atoms with E-state index in [1.54, 1.807) is 18.2 Å². The monoisotopic (exact) mass is 451 g/mol. The van der Waals surface area contributed by atoms with Crippen LogP contribution in [0.1, 0.15) is 47.3 Å². The Kier molecular flexibility index (Phi) is 7.79. The molecule has 0 spiro atoms. The van der Waals surface area contributed by atoms with Crippen LogP contribution in [0, 0.1) is 11.3 Å². The Labute approximate surface area is 184 Å². The molecule has 8 heteroatoms. The molecule has 2 N–H and O–H groups in total. The summed E-state index contributed by atoms with van der Waals surface area (Å²) in [5, 5.41) is 23.6. The number of thiophene rings is 1. The van der Waals surface area contributed by atoms with Crippen LogP contribution < -0.4 is 10.2 Å². The summed E-state index contributed by atoms with van der Waals surface area (Å²) in [6.07, 6.45) is 4.95. The molecular formula is C21H23Cl2N3O2S. The van der Waals surface area contributed by atoms with E-state index in [-0.39, 0.29) is 12.5 Å². The second-order valence-electron chi connectivity index (χ2n) is 6.96. The van der Waals surface area contributed by atoms with Crippen molar-refractivity contribution in [1.29, 1.82) is 5.26 Å². The maximum absolute atomic E-state index is 12.9. The second kappa shape index (κ2) is 10.3. The molecule has 154 valence electrons. The van der Waals surface area contributed by atoms with Crippen LogP contribution in [0.3, 0.4) is 0 Å². The van der Waals surface area contributed by atoms with E-state index in [1.807, 2.05) is 0 Å². The number of anilines is 1. The molecule has 1 aliphatic rings. The van der Waals surface area contributed by atoms with Crippen molar-refractivity contribution in [3.63, 3.8) is 0 Å². The number of rotatable bonds is 6. The molecule has 2 aromatic rings. The van der Waals surface area contributed by atoms with Gasteiger partial charge < -0.3 is 15.3 Å². The first-order chi connectivity index (χ1) is 14.1. The standard InChI is InChI=1S/C21H23Cl2N3O2S/c22-14-6-7-15(17(23)12-14)18-16(13-24)21(26-9-3-1-2-4-10-26)29-19(18)20(28)25-8-5-11-27/h6-7,12,27H,1-5,8-11H2,(H,25,28). The van der Waals surface area contributed by atoms with E-state index >= 15 is 0 Å². The SMILES string of the molecule is N#Cc1c(N2CCCCCC2)sc(C(=O)NCCCO)c1-c1ccc(Cl)cc1Cl. The van der Waals surface area contributed by atoms with Gasteiger partial charge in [0.15, 0.2) is 0 Å². The van der Waals surface area contributed by atoms with Gasteiger partial charge >= 0.3 is 0 Å². The van der Waals surface area contributed by atoms with Gasteiger partial charge in [-0.1, -0.05) is 42.1 Å². The van der Waals surface area contributed by atoms with Gasteiger partial charge in [0.25, 0.3) is 5.91 Å². The van der Waals surface area contributed by atoms with Gasteiger partial charge in [0.1, 0.15) is 15.9 Å². The normalized spacial score (nSPS) is 14.3. The number of amides is 1. The molecule has 0 aliphatic carbocycles. The zero-order chi connectivity index (χ0) is 20.8. The quantitative estimate of drug-likeness (QED) is 0.599. The third kappa shape index (κ3) is 5.04. The number of benzene rings is 1. The Balaban J connectivity index is 2.12. The molecule has 2 heterocycles. The Morgan fingerprint density at radius 1 is 1.24 bits per heavy atom. The van der Waals surface area contributed by atoms with Gasteiger partial charge in [-0.15, -0.1) is 11.3 Å². The molecule has 3 rings (SSSR count). The third-order valence-corrected chi connectivity index (χ3v) is 6.72. The highest BCUT2D eigenvalue weighted by molar-refractivity contribution is 7.19. The fourth-order valence-corrected chi connectivity index (χ4v) is 5.23. The van der Waals surface area contributed by atoms with Crippen molar-refractivity contribution < 1.29 is 9.90 Å². The summed E-state index contributed by atoms with van der Waals surface area (Å²) in [6, 6.07) is 7.41. The number of carbonyl (C=O) groups is 1. The zero-order valence-electron chi connectivity index (χ0n) is 16.0. The summed E-state index contributed by atoms with van der Waals surface area (Å²) < 4.78 is 0. The molecule has 5 nitrogen and oxygen atoms in total. The minimum atomic E-state index is -0.262. The lowest BCUT2D eigenvalue weighted by molar-refractivity contribution is 0.0956. The highest BCUT2D eigenvalue weighted by Gasteiger charge is 2.28. The Morgan fingerprint density at radius 3 is 2.59 bits per heavy atom. The maximum Gasteiger partial charge on any atom is 0.262 e. The van der Waals surface area contributed by atoms with E-state index in [0.717, 1.165) is 30.9 Å². The zero-order valence-corrected chi connectivity index (χ0v) is 18.3. The van der Waals surface area contributed by atoms with Crippen molar-refractivity contribution in [1.82, 2.24) is 5.32 Å². The van der Waals surface area contributed by atoms with Crippen LogP contribution in [0.2, 0.25) is 10.0 Å². The Bertz CT molecular complexity index is 915. The number of halogens is 2. The highest BCUT2D eigenvalue weighted by atomic mass is 35.5. The minimum absolute atomic E-state index is 0.00304. The lowest BCUT2D eigenvalue weighted by atomic mass is 10.0. The topological polar surface area (TPSA) is 76.4 Å². The van der Waals surface area contributed by atoms with Crippen LogP contribution in [-0.2, 0) is 0 Å². The highest BCUT2D eigenvalue weighted by Crippen LogP contribution is 2.45. The molecule has 0 bridgehead atoms. The van der Waals surface area contributed by atoms with Gasteiger partial charge in [-0.05, 0) is 31.4 Å². The molecule has 1 aromatic carbocycles. The van der Waals surface area contributed by atoms with E-state index in [4.69, 9.17) is 28.3 Å². The van der Waals surface area contributed by atoms with Gasteiger partial charge in [0.05, 0.1) is 5.56 Å². The van der Waals surface area contributed by atoms with Crippen molar-refractivity contribution in [3.05, 3.63) is 38.7 Å². The molecule has 1 amide bonds. The molecule has 1 saturated heterocycles. The van der Waals surface area contributed by atoms with Crippen LogP contribution >= 0.6 is 34.5 Å².